The molecule has 0 radical (unpaired) electrons. The molecule has 0 saturated heterocycles. The Morgan fingerprint density at radius 3 is 2.53 bits per heavy atom. The van der Waals surface area contributed by atoms with Crippen molar-refractivity contribution in [2.75, 3.05) is 32.8 Å². The van der Waals surface area contributed by atoms with Crippen LogP contribution in [0.1, 0.15) is 6.42 Å². The van der Waals surface area contributed by atoms with Gasteiger partial charge in [-0.25, -0.2) is 0 Å². The number of aromatic nitrogens is 2. The molecule has 0 aliphatic rings. The predicted molar refractivity (Wildman–Crippen MR) is 131 cm³/mol. The van der Waals surface area contributed by atoms with Crippen molar-refractivity contribution in [2.24, 2.45) is 10.7 Å². The summed E-state index contributed by atoms with van der Waals surface area (Å²) in [5.74, 6) is -0.322. The number of aliphatic hydroxyl groups is 1. The summed E-state index contributed by atoms with van der Waals surface area (Å²) in [7, 11) is 0. The standard InChI is InChI=1S/C21H25N5O4.2ClH/c22-6-1-7-24-12-2-3-13-17-16(12)21(30)19-15(29)5-4-14(28)18(19)20(17)25-26(13)10-8-23-9-11-27;;/h2-5,23,25,27,29-30H,1,6-11,22H2;2*1H. The minimum absolute atomic E-state index is 0. The lowest BCUT2D eigenvalue weighted by atomic mass is 9.99. The number of nitrogens with one attached hydrogen (secondary N) is 2. The maximum Gasteiger partial charge on any atom is 0.189 e. The molecule has 0 unspecified atom stereocenters. The maximum atomic E-state index is 12.7. The first-order valence-corrected chi connectivity index (χ1v) is 9.96. The molecule has 0 saturated carbocycles. The van der Waals surface area contributed by atoms with E-state index in [0.717, 1.165) is 5.52 Å². The zero-order valence-corrected chi connectivity index (χ0v) is 18.9. The van der Waals surface area contributed by atoms with E-state index in [1.807, 2.05) is 16.8 Å². The fraction of sp³-hybridized carbons (Fsp3) is 0.333. The normalized spacial score (nSPS) is 11.9. The molecular formula is C21H27Cl2N5O4. The molecule has 0 spiro atoms. The van der Waals surface area contributed by atoms with Crippen LogP contribution in [0.25, 0.3) is 32.6 Å². The number of hydrogen-bond donors (Lipinski definition) is 6. The van der Waals surface area contributed by atoms with E-state index < -0.39 is 0 Å². The van der Waals surface area contributed by atoms with E-state index >= 15 is 0 Å². The van der Waals surface area contributed by atoms with Gasteiger partial charge in [0.05, 0.1) is 45.7 Å². The number of aliphatic hydroxyl groups excluding tert-OH is 1. The molecule has 0 aliphatic carbocycles. The summed E-state index contributed by atoms with van der Waals surface area (Å²) in [5.41, 5.74) is 6.64. The third-order valence-corrected chi connectivity index (χ3v) is 5.26. The summed E-state index contributed by atoms with van der Waals surface area (Å²) in [4.78, 5) is 17.3. The van der Waals surface area contributed by atoms with Crippen LogP contribution < -0.4 is 21.8 Å². The fourth-order valence-electron chi connectivity index (χ4n) is 3.91. The number of H-pyrrole nitrogens is 1. The number of aromatic amines is 1. The van der Waals surface area contributed by atoms with Crippen LogP contribution in [0.15, 0.2) is 34.1 Å². The Kier molecular flexibility index (Phi) is 8.71. The Morgan fingerprint density at radius 2 is 1.81 bits per heavy atom. The first-order chi connectivity index (χ1) is 14.6. The molecule has 4 rings (SSSR count). The first-order valence-electron chi connectivity index (χ1n) is 9.96. The molecule has 1 heterocycles. The number of fused-ring (bicyclic) bond motifs is 2. The topological polar surface area (TPSA) is 149 Å². The minimum atomic E-state index is -0.292. The molecule has 0 atom stereocenters. The highest BCUT2D eigenvalue weighted by Gasteiger charge is 2.21. The smallest absolute Gasteiger partial charge is 0.189 e. The molecule has 0 amide bonds. The number of benzene rings is 3. The van der Waals surface area contributed by atoms with Crippen LogP contribution in [-0.4, -0.2) is 57.9 Å². The molecule has 0 bridgehead atoms. The maximum absolute atomic E-state index is 12.7. The van der Waals surface area contributed by atoms with Crippen LogP contribution in [0.3, 0.4) is 0 Å². The van der Waals surface area contributed by atoms with Gasteiger partial charge in [0, 0.05) is 25.0 Å². The summed E-state index contributed by atoms with van der Waals surface area (Å²) in [6, 6.07) is 6.31. The molecule has 0 aliphatic heterocycles. The van der Waals surface area contributed by atoms with Crippen LogP contribution in [0.2, 0.25) is 0 Å². The highest BCUT2D eigenvalue weighted by atomic mass is 35.5. The van der Waals surface area contributed by atoms with Crippen LogP contribution in [0, 0.1) is 0 Å². The summed E-state index contributed by atoms with van der Waals surface area (Å²) in [6.45, 7) is 2.71. The van der Waals surface area contributed by atoms with Crippen molar-refractivity contribution >= 4 is 57.4 Å². The Balaban J connectivity index is 0.00000181. The lowest BCUT2D eigenvalue weighted by Crippen LogP contribution is -2.23. The number of phenols is 2. The van der Waals surface area contributed by atoms with E-state index in [9.17, 15) is 15.0 Å². The second-order valence-electron chi connectivity index (χ2n) is 7.17. The van der Waals surface area contributed by atoms with E-state index in [0.29, 0.717) is 60.8 Å². The first kappa shape index (κ1) is 25.7. The third kappa shape index (κ3) is 4.35. The number of nitrogens with zero attached hydrogens (tertiary/aromatic N) is 2. The van der Waals surface area contributed by atoms with Crippen molar-refractivity contribution in [3.8, 4) is 11.5 Å². The third-order valence-electron chi connectivity index (χ3n) is 5.26. The Labute approximate surface area is 195 Å². The Hall–Kier alpha value is -2.56. The number of rotatable bonds is 8. The van der Waals surface area contributed by atoms with Crippen molar-refractivity contribution in [2.45, 2.75) is 13.0 Å². The van der Waals surface area contributed by atoms with Crippen LogP contribution in [0.4, 0.5) is 0 Å². The highest BCUT2D eigenvalue weighted by molar-refractivity contribution is 6.23. The van der Waals surface area contributed by atoms with Gasteiger partial charge < -0.3 is 26.4 Å². The molecule has 11 heteroatoms. The van der Waals surface area contributed by atoms with Crippen LogP contribution in [0.5, 0.6) is 11.5 Å². The number of hydrogen-bond acceptors (Lipinski definition) is 7. The number of phenolic OH excluding ortho intramolecular Hbond substituents is 2. The summed E-state index contributed by atoms with van der Waals surface area (Å²) >= 11 is 0. The number of nitrogens with two attached hydrogens (primary N) is 1. The van der Waals surface area contributed by atoms with Gasteiger partial charge in [0.1, 0.15) is 11.5 Å². The molecule has 7 N–H and O–H groups in total. The van der Waals surface area contributed by atoms with E-state index in [1.165, 1.54) is 12.1 Å². The van der Waals surface area contributed by atoms with Gasteiger partial charge in [-0.2, -0.15) is 0 Å². The zero-order valence-electron chi connectivity index (χ0n) is 17.3. The van der Waals surface area contributed by atoms with Gasteiger partial charge >= 0.3 is 0 Å². The van der Waals surface area contributed by atoms with Gasteiger partial charge in [-0.15, -0.1) is 24.8 Å². The molecular weight excluding hydrogens is 457 g/mol. The molecule has 3 aromatic carbocycles. The largest absolute Gasteiger partial charge is 0.507 e. The molecule has 4 aromatic rings. The molecule has 174 valence electrons. The Morgan fingerprint density at radius 1 is 1.03 bits per heavy atom. The minimum Gasteiger partial charge on any atom is -0.507 e. The average Bonchev–Trinajstić information content (AvgIpc) is 3.10. The van der Waals surface area contributed by atoms with Crippen molar-refractivity contribution in [1.29, 1.82) is 0 Å². The van der Waals surface area contributed by atoms with Gasteiger partial charge in [0.2, 0.25) is 0 Å². The van der Waals surface area contributed by atoms with E-state index in [1.54, 1.807) is 0 Å². The second kappa shape index (κ2) is 10.8. The SMILES string of the molecule is Cl.Cl.NCCCN=c1ccc2c3c1c(O)c1c(O)ccc(=O)c1c3[nH]n2CCNCCO. The highest BCUT2D eigenvalue weighted by Crippen LogP contribution is 2.41. The van der Waals surface area contributed by atoms with Gasteiger partial charge in [0.25, 0.3) is 0 Å². The van der Waals surface area contributed by atoms with E-state index in [2.05, 4.69) is 15.4 Å². The van der Waals surface area contributed by atoms with Crippen LogP contribution >= 0.6 is 24.8 Å². The van der Waals surface area contributed by atoms with Crippen molar-refractivity contribution < 1.29 is 15.3 Å². The summed E-state index contributed by atoms with van der Waals surface area (Å²) in [6.07, 6.45) is 0.710. The molecule has 0 fully saturated rings. The van der Waals surface area contributed by atoms with Crippen LogP contribution in [-0.2, 0) is 6.54 Å². The lowest BCUT2D eigenvalue weighted by Gasteiger charge is -2.09. The fourth-order valence-corrected chi connectivity index (χ4v) is 3.91. The molecule has 9 nitrogen and oxygen atoms in total. The number of halogens is 2. The molecule has 32 heavy (non-hydrogen) atoms. The number of aromatic hydroxyl groups is 2. The van der Waals surface area contributed by atoms with Gasteiger partial charge in [-0.3, -0.25) is 19.6 Å². The molecule has 1 aromatic heterocycles. The summed E-state index contributed by atoms with van der Waals surface area (Å²) < 4.78 is 1.88. The predicted octanol–water partition coefficient (Wildman–Crippen LogP) is 1.16. The van der Waals surface area contributed by atoms with Gasteiger partial charge in [-0.1, -0.05) is 0 Å². The van der Waals surface area contributed by atoms with Crippen molar-refractivity contribution in [3.63, 3.8) is 0 Å². The monoisotopic (exact) mass is 483 g/mol. The van der Waals surface area contributed by atoms with Gasteiger partial charge in [0.15, 0.2) is 5.43 Å². The Bertz CT molecular complexity index is 1340. The average molecular weight is 484 g/mol. The van der Waals surface area contributed by atoms with Crippen molar-refractivity contribution in [3.05, 3.63) is 39.8 Å². The van der Waals surface area contributed by atoms with E-state index in [4.69, 9.17) is 10.8 Å². The lowest BCUT2D eigenvalue weighted by molar-refractivity contribution is 0.291. The van der Waals surface area contributed by atoms with E-state index in [-0.39, 0.29) is 59.1 Å². The zero-order chi connectivity index (χ0) is 21.3. The summed E-state index contributed by atoms with van der Waals surface area (Å²) in [5, 5.41) is 39.0. The van der Waals surface area contributed by atoms with Crippen molar-refractivity contribution in [1.82, 2.24) is 15.1 Å². The quantitative estimate of drug-likeness (QED) is 0.163. The van der Waals surface area contributed by atoms with Gasteiger partial charge in [-0.05, 0) is 37.2 Å². The second-order valence-corrected chi connectivity index (χ2v) is 7.17.